The molecule has 0 spiro atoms. The maximum atomic E-state index is 13.5. The molecule has 4 aromatic carbocycles. The number of fused-ring (bicyclic) bond motifs is 2. The van der Waals surface area contributed by atoms with Gasteiger partial charge in [-0.25, -0.2) is 0 Å². The van der Waals surface area contributed by atoms with E-state index in [4.69, 9.17) is 16.0 Å². The van der Waals surface area contributed by atoms with Crippen molar-refractivity contribution in [2.24, 2.45) is 0 Å². The van der Waals surface area contributed by atoms with Crippen LogP contribution in [0.15, 0.2) is 100 Å². The molecule has 5 aromatic rings. The molecule has 140 valence electrons. The summed E-state index contributed by atoms with van der Waals surface area (Å²) >= 11 is 5.96. The molecule has 29 heavy (non-hydrogen) atoms. The second-order valence-corrected chi connectivity index (χ2v) is 9.38. The van der Waals surface area contributed by atoms with E-state index >= 15 is 0 Å². The van der Waals surface area contributed by atoms with Crippen LogP contribution >= 0.6 is 11.6 Å². The summed E-state index contributed by atoms with van der Waals surface area (Å²) in [5.74, 6) is 0.644. The molecule has 0 atom stereocenters. The Morgan fingerprint density at radius 1 is 0.759 bits per heavy atom. The Morgan fingerprint density at radius 2 is 1.52 bits per heavy atom. The van der Waals surface area contributed by atoms with E-state index in [2.05, 4.69) is 30.3 Å². The summed E-state index contributed by atoms with van der Waals surface area (Å²) < 4.78 is 8.18. The van der Waals surface area contributed by atoms with Gasteiger partial charge in [-0.2, -0.15) is 0 Å². The van der Waals surface area contributed by atoms with Gasteiger partial charge < -0.3 is 0 Å². The number of hydrogen-bond donors (Lipinski definition) is 0. The van der Waals surface area contributed by atoms with Crippen LogP contribution in [0.1, 0.15) is 0 Å². The molecule has 1 heterocycles. The Kier molecular flexibility index (Phi) is 4.73. The average Bonchev–Trinajstić information content (AvgIpc) is 2.76. The van der Waals surface area contributed by atoms with Gasteiger partial charge in [0.2, 0.25) is 0 Å². The van der Waals surface area contributed by atoms with Crippen LogP contribution in [-0.2, 0) is 0 Å². The molecule has 0 bridgehead atoms. The summed E-state index contributed by atoms with van der Waals surface area (Å²) in [5, 5.41) is 3.23. The summed E-state index contributed by atoms with van der Waals surface area (Å²) in [4.78, 5) is 13.5. The number of rotatable bonds is 3. The molecule has 0 saturated heterocycles. The zero-order valence-corrected chi connectivity index (χ0v) is 17.7. The molecule has 0 aliphatic heterocycles. The fourth-order valence-corrected chi connectivity index (χ4v) is 5.67. The predicted octanol–water partition coefficient (Wildman–Crippen LogP) is 4.92. The van der Waals surface area contributed by atoms with Gasteiger partial charge in [0.25, 0.3) is 0 Å². The molecule has 1 aromatic heterocycles. The second kappa shape index (κ2) is 7.53. The van der Waals surface area contributed by atoms with Gasteiger partial charge in [0, 0.05) is 0 Å². The summed E-state index contributed by atoms with van der Waals surface area (Å²) in [5.41, 5.74) is 1.47. The van der Waals surface area contributed by atoms with Crippen molar-refractivity contribution in [2.45, 2.75) is 0 Å². The zero-order valence-electron chi connectivity index (χ0n) is 15.3. The second-order valence-electron chi connectivity index (χ2n) is 6.67. The van der Waals surface area contributed by atoms with Crippen molar-refractivity contribution in [3.05, 3.63) is 106 Å². The Bertz CT molecular complexity index is 1400. The Labute approximate surface area is 178 Å². The topological polar surface area (TPSA) is 30.2 Å². The molecule has 0 radical (unpaired) electrons. The van der Waals surface area contributed by atoms with E-state index in [1.54, 1.807) is 18.2 Å². The van der Waals surface area contributed by atoms with E-state index < -0.39 is 0 Å². The molecule has 4 heteroatoms. The number of hydrogen-bond acceptors (Lipinski definition) is 2. The van der Waals surface area contributed by atoms with Crippen molar-refractivity contribution in [1.29, 1.82) is 0 Å². The van der Waals surface area contributed by atoms with E-state index in [9.17, 15) is 4.79 Å². The van der Waals surface area contributed by atoms with Crippen LogP contribution in [0.5, 0.6) is 0 Å². The fraction of sp³-hybridized carbons (Fsp3) is 0. The summed E-state index contributed by atoms with van der Waals surface area (Å²) in [6, 6.07) is 29.5. The van der Waals surface area contributed by atoms with Crippen molar-refractivity contribution >= 4 is 57.2 Å². The van der Waals surface area contributed by atoms with Gasteiger partial charge >= 0.3 is 179 Å². The van der Waals surface area contributed by atoms with Crippen LogP contribution < -0.4 is 14.4 Å². The minimum absolute atomic E-state index is 0.0134. The fourth-order valence-electron chi connectivity index (χ4n) is 3.45. The molecule has 0 aliphatic carbocycles. The molecule has 0 unspecified atom stereocenters. The van der Waals surface area contributed by atoms with E-state index in [0.717, 1.165) is 20.8 Å². The standard InChI is InChI=1S/C25H15ClO2Se/c26-17-13-14-22-21(15-17)23(27)25(29-18-9-2-1-3-10-18)24(28-22)20-12-6-8-16-7-4-5-11-19(16)20/h1-15H. The first-order chi connectivity index (χ1) is 14.2. The third-order valence-electron chi connectivity index (χ3n) is 4.81. The van der Waals surface area contributed by atoms with Crippen molar-refractivity contribution in [2.75, 3.05) is 0 Å². The van der Waals surface area contributed by atoms with Gasteiger partial charge in [0.05, 0.1) is 0 Å². The molecule has 0 saturated carbocycles. The molecular weight excluding hydrogens is 447 g/mol. The quantitative estimate of drug-likeness (QED) is 0.357. The first-order valence-corrected chi connectivity index (χ1v) is 11.3. The minimum atomic E-state index is -0.204. The van der Waals surface area contributed by atoms with Crippen molar-refractivity contribution < 1.29 is 4.42 Å². The molecule has 5 rings (SSSR count). The molecule has 0 fully saturated rings. The summed E-state index contributed by atoms with van der Waals surface area (Å²) in [7, 11) is 0. The third-order valence-corrected chi connectivity index (χ3v) is 7.31. The van der Waals surface area contributed by atoms with E-state index in [0.29, 0.717) is 26.2 Å². The Hall–Kier alpha value is -2.84. The molecule has 0 N–H and O–H groups in total. The average molecular weight is 462 g/mol. The van der Waals surface area contributed by atoms with Gasteiger partial charge in [0.1, 0.15) is 0 Å². The van der Waals surface area contributed by atoms with Crippen molar-refractivity contribution in [3.63, 3.8) is 0 Å². The Morgan fingerprint density at radius 3 is 2.38 bits per heavy atom. The molecule has 2 nitrogen and oxygen atoms in total. The van der Waals surface area contributed by atoms with Crippen molar-refractivity contribution in [1.82, 2.24) is 0 Å². The van der Waals surface area contributed by atoms with Crippen LogP contribution in [0, 0.1) is 0 Å². The predicted molar refractivity (Wildman–Crippen MR) is 122 cm³/mol. The van der Waals surface area contributed by atoms with Crippen LogP contribution in [-0.4, -0.2) is 15.0 Å². The van der Waals surface area contributed by atoms with Crippen LogP contribution in [0.3, 0.4) is 0 Å². The molecule has 0 aliphatic rings. The van der Waals surface area contributed by atoms with Gasteiger partial charge in [-0.05, 0) is 0 Å². The SMILES string of the molecule is O=c1c([Se]c2ccccc2)c(-c2cccc3ccccc23)oc2ccc(Cl)cc12. The number of halogens is 1. The van der Waals surface area contributed by atoms with E-state index in [-0.39, 0.29) is 20.4 Å². The molecule has 0 amide bonds. The van der Waals surface area contributed by atoms with Gasteiger partial charge in [-0.3, -0.25) is 0 Å². The van der Waals surface area contributed by atoms with E-state index in [1.165, 1.54) is 0 Å². The number of benzene rings is 4. The molecular formula is C25H15ClO2Se. The summed E-state index contributed by atoms with van der Waals surface area (Å²) in [6.45, 7) is 0. The van der Waals surface area contributed by atoms with Gasteiger partial charge in [-0.15, -0.1) is 0 Å². The van der Waals surface area contributed by atoms with Crippen LogP contribution in [0.2, 0.25) is 5.02 Å². The Balaban J connectivity index is 1.85. The zero-order chi connectivity index (χ0) is 19.8. The van der Waals surface area contributed by atoms with E-state index in [1.807, 2.05) is 42.5 Å². The maximum absolute atomic E-state index is 13.5. The normalized spacial score (nSPS) is 11.2. The third kappa shape index (κ3) is 3.38. The van der Waals surface area contributed by atoms with Gasteiger partial charge in [-0.1, -0.05) is 0 Å². The first-order valence-electron chi connectivity index (χ1n) is 9.18. The van der Waals surface area contributed by atoms with Crippen molar-refractivity contribution in [3.8, 4) is 11.3 Å². The first kappa shape index (κ1) is 18.2. The van der Waals surface area contributed by atoms with Crippen LogP contribution in [0.25, 0.3) is 33.1 Å². The van der Waals surface area contributed by atoms with Gasteiger partial charge in [0.15, 0.2) is 0 Å². The summed E-state index contributed by atoms with van der Waals surface area (Å²) in [6.07, 6.45) is 0. The monoisotopic (exact) mass is 462 g/mol. The van der Waals surface area contributed by atoms with Crippen LogP contribution in [0.4, 0.5) is 0 Å².